The molecule has 5 heteroatoms. The molecule has 0 fully saturated rings. The molecule has 0 radical (unpaired) electrons. The largest absolute Gasteiger partial charge is 0.262 e. The molecule has 0 atom stereocenters. The predicted octanol–water partition coefficient (Wildman–Crippen LogP) is 2.55. The number of rotatable bonds is 1. The number of pyridine rings is 1. The van der Waals surface area contributed by atoms with Gasteiger partial charge in [0.25, 0.3) is 0 Å². The summed E-state index contributed by atoms with van der Waals surface area (Å²) in [5.41, 5.74) is 3.48. The zero-order valence-electron chi connectivity index (χ0n) is 10.1. The number of halogens is 1. The maximum atomic E-state index is 13.7. The zero-order chi connectivity index (χ0) is 12.7. The first-order valence-electron chi connectivity index (χ1n) is 5.59. The Morgan fingerprint density at radius 2 is 2.00 bits per heavy atom. The minimum absolute atomic E-state index is 0.374. The van der Waals surface area contributed by atoms with E-state index in [1.807, 2.05) is 26.0 Å². The second kappa shape index (κ2) is 3.87. The molecule has 0 saturated heterocycles. The highest BCUT2D eigenvalue weighted by Gasteiger charge is 2.14. The van der Waals surface area contributed by atoms with E-state index in [4.69, 9.17) is 0 Å². The van der Waals surface area contributed by atoms with Crippen molar-refractivity contribution in [3.8, 4) is 11.3 Å². The lowest BCUT2D eigenvalue weighted by Crippen LogP contribution is -1.96. The molecule has 3 heterocycles. The van der Waals surface area contributed by atoms with Crippen LogP contribution in [0, 0.1) is 19.7 Å². The van der Waals surface area contributed by atoms with E-state index in [9.17, 15) is 4.39 Å². The first-order chi connectivity index (χ1) is 8.66. The van der Waals surface area contributed by atoms with E-state index in [1.54, 1.807) is 16.8 Å². The number of imidazole rings is 1. The van der Waals surface area contributed by atoms with Gasteiger partial charge in [-0.1, -0.05) is 0 Å². The van der Waals surface area contributed by atoms with Crippen LogP contribution in [0.5, 0.6) is 0 Å². The topological polar surface area (TPSA) is 43.1 Å². The molecule has 0 amide bonds. The van der Waals surface area contributed by atoms with Crippen LogP contribution in [0.2, 0.25) is 0 Å². The maximum absolute atomic E-state index is 13.7. The molecule has 3 aromatic rings. The van der Waals surface area contributed by atoms with Crippen LogP contribution >= 0.6 is 0 Å². The number of aryl methyl sites for hydroxylation is 2. The third kappa shape index (κ3) is 1.55. The fraction of sp³-hybridized carbons (Fsp3) is 0.154. The van der Waals surface area contributed by atoms with Gasteiger partial charge in [-0.25, -0.2) is 13.9 Å². The van der Waals surface area contributed by atoms with Crippen molar-refractivity contribution in [2.75, 3.05) is 0 Å². The van der Waals surface area contributed by atoms with Crippen molar-refractivity contribution in [1.29, 1.82) is 0 Å². The van der Waals surface area contributed by atoms with Crippen LogP contribution in [-0.2, 0) is 0 Å². The standard InChI is InChI=1S/C13H11FN4/c1-8-3-4-12-16-13(9(2)18(12)17-8)10-5-6-15-7-11(10)14/h3-7H,1-2H3. The lowest BCUT2D eigenvalue weighted by Gasteiger charge is -2.00. The Morgan fingerprint density at radius 3 is 2.78 bits per heavy atom. The molecule has 0 saturated carbocycles. The van der Waals surface area contributed by atoms with Crippen LogP contribution in [0.1, 0.15) is 11.4 Å². The number of nitrogens with zero attached hydrogens (tertiary/aromatic N) is 4. The molecule has 18 heavy (non-hydrogen) atoms. The fourth-order valence-corrected chi connectivity index (χ4v) is 1.96. The summed E-state index contributed by atoms with van der Waals surface area (Å²) in [6.45, 7) is 3.78. The Balaban J connectivity index is 2.31. The molecule has 0 spiro atoms. The van der Waals surface area contributed by atoms with Crippen LogP contribution in [-0.4, -0.2) is 19.6 Å². The van der Waals surface area contributed by atoms with Gasteiger partial charge >= 0.3 is 0 Å². The third-order valence-electron chi connectivity index (χ3n) is 2.86. The predicted molar refractivity (Wildman–Crippen MR) is 65.7 cm³/mol. The van der Waals surface area contributed by atoms with Gasteiger partial charge < -0.3 is 0 Å². The molecule has 0 unspecified atom stereocenters. The van der Waals surface area contributed by atoms with E-state index >= 15 is 0 Å². The summed E-state index contributed by atoms with van der Waals surface area (Å²) in [7, 11) is 0. The van der Waals surface area contributed by atoms with Crippen molar-refractivity contribution >= 4 is 5.65 Å². The van der Waals surface area contributed by atoms with Crippen molar-refractivity contribution in [3.63, 3.8) is 0 Å². The van der Waals surface area contributed by atoms with Gasteiger partial charge in [-0.15, -0.1) is 0 Å². The molecule has 0 bridgehead atoms. The molecule has 0 aliphatic carbocycles. The molecule has 0 N–H and O–H groups in total. The van der Waals surface area contributed by atoms with E-state index in [0.29, 0.717) is 16.9 Å². The van der Waals surface area contributed by atoms with Gasteiger partial charge in [0.1, 0.15) is 0 Å². The lowest BCUT2D eigenvalue weighted by atomic mass is 10.1. The Morgan fingerprint density at radius 1 is 1.17 bits per heavy atom. The summed E-state index contributed by atoms with van der Waals surface area (Å²) in [5, 5.41) is 4.37. The van der Waals surface area contributed by atoms with Gasteiger partial charge in [-0.2, -0.15) is 5.10 Å². The number of hydrogen-bond acceptors (Lipinski definition) is 3. The minimum Gasteiger partial charge on any atom is -0.262 e. The highest BCUT2D eigenvalue weighted by molar-refractivity contribution is 5.65. The maximum Gasteiger partial charge on any atom is 0.154 e. The highest BCUT2D eigenvalue weighted by atomic mass is 19.1. The normalized spacial score (nSPS) is 11.1. The fourth-order valence-electron chi connectivity index (χ4n) is 1.96. The Kier molecular flexibility index (Phi) is 2.33. The summed E-state index contributed by atoms with van der Waals surface area (Å²) in [4.78, 5) is 8.16. The second-order valence-electron chi connectivity index (χ2n) is 4.15. The number of aromatic nitrogens is 4. The van der Waals surface area contributed by atoms with Crippen molar-refractivity contribution in [2.24, 2.45) is 0 Å². The average molecular weight is 242 g/mol. The van der Waals surface area contributed by atoms with Gasteiger partial charge in [0.15, 0.2) is 11.5 Å². The van der Waals surface area contributed by atoms with E-state index in [0.717, 1.165) is 11.4 Å². The van der Waals surface area contributed by atoms with Crippen LogP contribution in [0.4, 0.5) is 4.39 Å². The highest BCUT2D eigenvalue weighted by Crippen LogP contribution is 2.25. The van der Waals surface area contributed by atoms with E-state index in [1.165, 1.54) is 6.20 Å². The van der Waals surface area contributed by atoms with Crippen LogP contribution < -0.4 is 0 Å². The van der Waals surface area contributed by atoms with E-state index in [-0.39, 0.29) is 5.82 Å². The van der Waals surface area contributed by atoms with E-state index < -0.39 is 0 Å². The Labute approximate surface area is 103 Å². The summed E-state index contributed by atoms with van der Waals surface area (Å²) in [6.07, 6.45) is 2.75. The lowest BCUT2D eigenvalue weighted by molar-refractivity contribution is 0.624. The molecular weight excluding hydrogens is 231 g/mol. The van der Waals surface area contributed by atoms with Crippen LogP contribution in [0.15, 0.2) is 30.6 Å². The molecule has 4 nitrogen and oxygen atoms in total. The van der Waals surface area contributed by atoms with E-state index in [2.05, 4.69) is 15.1 Å². The smallest absolute Gasteiger partial charge is 0.154 e. The van der Waals surface area contributed by atoms with Crippen molar-refractivity contribution < 1.29 is 4.39 Å². The quantitative estimate of drug-likeness (QED) is 0.658. The Bertz CT molecular complexity index is 733. The molecule has 3 rings (SSSR count). The van der Waals surface area contributed by atoms with Gasteiger partial charge in [-0.3, -0.25) is 4.98 Å². The summed E-state index contributed by atoms with van der Waals surface area (Å²) in [5.74, 6) is -0.374. The Hall–Kier alpha value is -2.30. The first kappa shape index (κ1) is 10.8. The van der Waals surface area contributed by atoms with Crippen molar-refractivity contribution in [2.45, 2.75) is 13.8 Å². The van der Waals surface area contributed by atoms with Gasteiger partial charge in [-0.05, 0) is 32.0 Å². The SMILES string of the molecule is Cc1ccc2nc(-c3ccncc3F)c(C)n2n1. The number of hydrogen-bond donors (Lipinski definition) is 0. The average Bonchev–Trinajstić information content (AvgIpc) is 2.68. The molecule has 0 aromatic carbocycles. The summed E-state index contributed by atoms with van der Waals surface area (Å²) < 4.78 is 15.5. The van der Waals surface area contributed by atoms with Crippen LogP contribution in [0.25, 0.3) is 16.9 Å². The second-order valence-corrected chi connectivity index (χ2v) is 4.15. The summed E-state index contributed by atoms with van der Waals surface area (Å²) >= 11 is 0. The van der Waals surface area contributed by atoms with Crippen molar-refractivity contribution in [3.05, 3.63) is 47.8 Å². The minimum atomic E-state index is -0.374. The summed E-state index contributed by atoms with van der Waals surface area (Å²) in [6, 6.07) is 5.38. The molecule has 90 valence electrons. The van der Waals surface area contributed by atoms with Crippen LogP contribution in [0.3, 0.4) is 0 Å². The van der Waals surface area contributed by atoms with Gasteiger partial charge in [0, 0.05) is 11.8 Å². The molecular formula is C13H11FN4. The third-order valence-corrected chi connectivity index (χ3v) is 2.86. The zero-order valence-corrected chi connectivity index (χ0v) is 10.1. The first-order valence-corrected chi connectivity index (χ1v) is 5.59. The molecule has 3 aromatic heterocycles. The van der Waals surface area contributed by atoms with Gasteiger partial charge in [0.2, 0.25) is 0 Å². The van der Waals surface area contributed by atoms with Crippen molar-refractivity contribution in [1.82, 2.24) is 19.6 Å². The molecule has 0 aliphatic heterocycles. The number of fused-ring (bicyclic) bond motifs is 1. The monoisotopic (exact) mass is 242 g/mol. The van der Waals surface area contributed by atoms with Gasteiger partial charge in [0.05, 0.1) is 23.3 Å². The molecule has 0 aliphatic rings.